The molecule has 5 aliphatic heterocycles. The average molecular weight is 1120 g/mol. The summed E-state index contributed by atoms with van der Waals surface area (Å²) < 4.78 is 58.2. The molecule has 5 heterocycles. The molecule has 0 unspecified atom stereocenters. The van der Waals surface area contributed by atoms with Crippen LogP contribution in [-0.4, -0.2) is 153 Å². The molecule has 4 aliphatic carbocycles. The zero-order valence-electron chi connectivity index (χ0n) is 49.3. The molecule has 448 valence electrons. The number of aliphatic hydroxyl groups excluding tert-OH is 4. The fourth-order valence-electron chi connectivity index (χ4n) is 15.9. The normalized spacial score (nSPS) is 50.3. The van der Waals surface area contributed by atoms with Gasteiger partial charge in [-0.1, -0.05) is 83.1 Å². The number of rotatable bonds is 11. The number of amides is 1. The number of hydrogen-bond donors (Lipinski definition) is 6. The van der Waals surface area contributed by atoms with E-state index in [-0.39, 0.29) is 90.6 Å². The molecule has 1 spiro atoms. The van der Waals surface area contributed by atoms with Crippen LogP contribution in [0.2, 0.25) is 0 Å². The summed E-state index contributed by atoms with van der Waals surface area (Å²) in [6.07, 6.45) is 6.23. The van der Waals surface area contributed by atoms with Crippen LogP contribution in [0.3, 0.4) is 0 Å². The highest BCUT2D eigenvalue weighted by molar-refractivity contribution is 6.26. The Hall–Kier alpha value is -3.37. The molecule has 80 heavy (non-hydrogen) atoms. The van der Waals surface area contributed by atoms with Crippen molar-refractivity contribution in [2.24, 2.45) is 52.8 Å². The van der Waals surface area contributed by atoms with Gasteiger partial charge in [0.2, 0.25) is 11.7 Å². The molecule has 0 aromatic heterocycles. The maximum Gasteiger partial charge on any atom is 0.346 e. The van der Waals surface area contributed by atoms with Crippen molar-refractivity contribution in [1.29, 1.82) is 0 Å². The predicted octanol–water partition coefficient (Wildman–Crippen LogP) is 7.11. The Labute approximate surface area is 473 Å². The van der Waals surface area contributed by atoms with Crippen LogP contribution in [0.1, 0.15) is 148 Å². The van der Waals surface area contributed by atoms with Gasteiger partial charge in [0.15, 0.2) is 30.8 Å². The Balaban J connectivity index is 0.984. The molecule has 0 aromatic rings. The van der Waals surface area contributed by atoms with Crippen molar-refractivity contribution in [3.05, 3.63) is 58.9 Å². The van der Waals surface area contributed by atoms with Crippen molar-refractivity contribution in [2.75, 3.05) is 0 Å². The van der Waals surface area contributed by atoms with Gasteiger partial charge in [-0.15, -0.1) is 0 Å². The molecule has 5 saturated heterocycles. The topological polar surface area (TPSA) is 247 Å². The molecule has 9 rings (SSSR count). The summed E-state index contributed by atoms with van der Waals surface area (Å²) in [6, 6.07) is -0.667. The molecule has 0 aromatic carbocycles. The third kappa shape index (κ3) is 11.7. The summed E-state index contributed by atoms with van der Waals surface area (Å²) in [5, 5.41) is 59.6. The van der Waals surface area contributed by atoms with Gasteiger partial charge in [0.25, 0.3) is 0 Å². The molecule has 27 atom stereocenters. The average Bonchev–Trinajstić information content (AvgIpc) is 3.64. The van der Waals surface area contributed by atoms with E-state index >= 15 is 4.79 Å². The number of hydrogen-bond acceptors (Lipinski definition) is 17. The molecule has 1 amide bonds. The Bertz CT molecular complexity index is 2410. The van der Waals surface area contributed by atoms with Gasteiger partial charge in [-0.25, -0.2) is 4.79 Å². The number of Topliss-reactive ketones (excluding diaryl/α,β-unsaturated/α-hetero) is 1. The summed E-state index contributed by atoms with van der Waals surface area (Å²) in [7, 11) is 0. The zero-order chi connectivity index (χ0) is 58.1. The number of nitrogens with one attached hydrogen (secondary N) is 1. The van der Waals surface area contributed by atoms with Gasteiger partial charge in [-0.2, -0.15) is 0 Å². The first-order valence-corrected chi connectivity index (χ1v) is 29.9. The maximum absolute atomic E-state index is 15.6. The molecule has 18 nitrogen and oxygen atoms in total. The fourth-order valence-corrected chi connectivity index (χ4v) is 15.9. The summed E-state index contributed by atoms with van der Waals surface area (Å²) in [5.41, 5.74) is -2.79. The molecule has 6 fully saturated rings. The summed E-state index contributed by atoms with van der Waals surface area (Å²) in [5.74, 6) is -3.95. The first kappa shape index (κ1) is 61.2. The molecule has 0 radical (unpaired) electrons. The first-order valence-electron chi connectivity index (χ1n) is 29.9. The summed E-state index contributed by atoms with van der Waals surface area (Å²) in [6.45, 7) is 24.8. The largest absolute Gasteiger partial charge is 0.511 e. The Morgan fingerprint density at radius 1 is 0.725 bits per heavy atom. The Morgan fingerprint density at radius 2 is 1.39 bits per heavy atom. The minimum absolute atomic E-state index is 0.00302. The molecule has 9 aliphatic rings. The lowest BCUT2D eigenvalue weighted by atomic mass is 9.49. The fraction of sp³-hybridized carbons (Fsp3) is 0.790. The van der Waals surface area contributed by atoms with Gasteiger partial charge >= 0.3 is 5.97 Å². The predicted molar refractivity (Wildman–Crippen MR) is 293 cm³/mol. The lowest BCUT2D eigenvalue weighted by molar-refractivity contribution is -0.328. The highest BCUT2D eigenvalue weighted by Crippen LogP contribution is 2.61. The van der Waals surface area contributed by atoms with Crippen LogP contribution >= 0.6 is 0 Å². The number of allylic oxidation sites excluding steroid dienone is 4. The van der Waals surface area contributed by atoms with Crippen molar-refractivity contribution in [3.63, 3.8) is 0 Å². The van der Waals surface area contributed by atoms with Gasteiger partial charge in [0.1, 0.15) is 23.5 Å². The highest BCUT2D eigenvalue weighted by Gasteiger charge is 2.63. The van der Waals surface area contributed by atoms with Gasteiger partial charge in [-0.05, 0) is 97.0 Å². The molecular weight excluding hydrogens is 1030 g/mol. The lowest BCUT2D eigenvalue weighted by Crippen LogP contribution is -2.62. The van der Waals surface area contributed by atoms with E-state index in [1.54, 1.807) is 27.7 Å². The van der Waals surface area contributed by atoms with Crippen LogP contribution in [0.15, 0.2) is 58.9 Å². The van der Waals surface area contributed by atoms with Crippen molar-refractivity contribution < 1.29 is 82.5 Å². The van der Waals surface area contributed by atoms with E-state index in [2.05, 4.69) is 57.3 Å². The second-order valence-corrected chi connectivity index (χ2v) is 26.0. The van der Waals surface area contributed by atoms with E-state index in [1.165, 1.54) is 6.92 Å². The van der Waals surface area contributed by atoms with Gasteiger partial charge in [-0.3, -0.25) is 9.59 Å². The minimum Gasteiger partial charge on any atom is -0.511 e. The number of fused-ring (bicyclic) bond motifs is 4. The third-order valence-electron chi connectivity index (χ3n) is 19.7. The van der Waals surface area contributed by atoms with E-state index in [0.29, 0.717) is 12.8 Å². The number of ether oxygens (including phenoxy) is 9. The standard InChI is InChI=1S/C62H93NO17/c1-14-15-39-16-17-40-24-33(6)53(79-49-28-60(12,71)56(37(10)75-49)63-38(11)64)31(4)22-29(2)42-19-18-41-51(61(42,13)57(68)50-58(69)62(40,27-39)80-59(50)70)30(3)23-32(5)54(41)77-46-21-20-45(34(7)72-46)76-47-26-44(66)55(36(9)74-47)78-48-25-43(65)52(67)35(8)73-48/h16-19,22,24,30-32,34-37,39-49,51-56,65-68,71H,14-15,20-21,23,25-28H2,1-13H3,(H,63,64)/b29-22-,33-24+,57-50?/t30-,31+,32+,34-,35-,36-,37+,39+,40-,41-,42+,43-,44+,45-,46-,47+,48-,49-,51-,52+,53-,54+,55+,56-,60+,61+,62+/m0/s1. The minimum atomic E-state index is -1.62. The van der Waals surface area contributed by atoms with Crippen LogP contribution in [0.4, 0.5) is 0 Å². The van der Waals surface area contributed by atoms with Gasteiger partial charge in [0, 0.05) is 68.1 Å². The maximum atomic E-state index is 15.6. The van der Waals surface area contributed by atoms with Crippen LogP contribution in [-0.2, 0) is 57.0 Å². The first-order chi connectivity index (χ1) is 37.7. The van der Waals surface area contributed by atoms with E-state index < -0.39 is 126 Å². The van der Waals surface area contributed by atoms with Gasteiger partial charge < -0.3 is 73.5 Å². The summed E-state index contributed by atoms with van der Waals surface area (Å²) >= 11 is 0. The van der Waals surface area contributed by atoms with Crippen LogP contribution in [0.5, 0.6) is 0 Å². The van der Waals surface area contributed by atoms with Crippen molar-refractivity contribution in [1.82, 2.24) is 5.32 Å². The van der Waals surface area contributed by atoms with Gasteiger partial charge in [0.05, 0.1) is 66.6 Å². The Kier molecular flexibility index (Phi) is 18.3. The monoisotopic (exact) mass is 1120 g/mol. The van der Waals surface area contributed by atoms with Crippen LogP contribution < -0.4 is 5.32 Å². The number of carbonyl (C=O) groups is 3. The van der Waals surface area contributed by atoms with E-state index in [9.17, 15) is 35.1 Å². The zero-order valence-corrected chi connectivity index (χ0v) is 49.3. The van der Waals surface area contributed by atoms with E-state index in [4.69, 9.17) is 42.6 Å². The van der Waals surface area contributed by atoms with Crippen LogP contribution in [0.25, 0.3) is 0 Å². The smallest absolute Gasteiger partial charge is 0.346 e. The number of carbonyl (C=O) groups excluding carboxylic acids is 3. The number of ketones is 1. The number of esters is 1. The molecule has 2 bridgehead atoms. The third-order valence-corrected chi connectivity index (χ3v) is 19.7. The molecular formula is C62H93NO17. The van der Waals surface area contributed by atoms with E-state index in [1.807, 2.05) is 39.8 Å². The molecule has 6 N–H and O–H groups in total. The van der Waals surface area contributed by atoms with Crippen molar-refractivity contribution in [2.45, 2.75) is 257 Å². The summed E-state index contributed by atoms with van der Waals surface area (Å²) in [4.78, 5) is 42.5. The van der Waals surface area contributed by atoms with Crippen molar-refractivity contribution in [3.8, 4) is 0 Å². The Morgan fingerprint density at radius 3 is 2.05 bits per heavy atom. The highest BCUT2D eigenvalue weighted by atomic mass is 16.7. The van der Waals surface area contributed by atoms with Crippen molar-refractivity contribution >= 4 is 17.7 Å². The quantitative estimate of drug-likeness (QED) is 0.0686. The second kappa shape index (κ2) is 23.9. The lowest BCUT2D eigenvalue weighted by Gasteiger charge is -2.56. The molecule has 18 heteroatoms. The van der Waals surface area contributed by atoms with Crippen LogP contribution in [0, 0.1) is 52.8 Å². The molecule has 1 saturated carbocycles. The second-order valence-electron chi connectivity index (χ2n) is 26.0. The van der Waals surface area contributed by atoms with E-state index in [0.717, 1.165) is 30.4 Å². The number of aliphatic hydroxyl groups is 5. The SMILES string of the molecule is CCC[C@@H]1C=C[C@H]2/C=C(\C)[C@@H](O[C@H]3C[C@@](C)(O)[C@@H](NC(C)=O)[C@@H](C)O3)[C@H](C)/C=C(/C)[C@H]3C=C[C@@H]4[C@H](O[C@H]5CC[C@H](O[C@@H]6C[C@@H](O)[C@H](O[C@H]7C[C@H](O)[C@H](O)[C@H](C)O7)[C@H](C)O6)[C@H](C)O5)[C@H](C)C[C@H](C)[C@@H]4[C@]3(C)C(O)=C3C(=O)O[C@@]2(C1)C3=O.